The van der Waals surface area contributed by atoms with Crippen LogP contribution in [0.4, 0.5) is 5.69 Å². The Labute approximate surface area is 125 Å². The van der Waals surface area contributed by atoms with E-state index in [1.165, 1.54) is 0 Å². The van der Waals surface area contributed by atoms with Crippen LogP contribution in [0.25, 0.3) is 0 Å². The quantitative estimate of drug-likeness (QED) is 0.656. The van der Waals surface area contributed by atoms with Crippen molar-refractivity contribution in [1.82, 2.24) is 0 Å². The summed E-state index contributed by atoms with van der Waals surface area (Å²) in [5.41, 5.74) is 6.30. The zero-order valence-electron chi connectivity index (χ0n) is 10.1. The summed E-state index contributed by atoms with van der Waals surface area (Å²) in [5, 5.41) is 0.571. The Morgan fingerprint density at radius 2 is 1.68 bits per heavy atom. The monoisotopic (exact) mass is 341 g/mol. The highest BCUT2D eigenvalue weighted by molar-refractivity contribution is 9.10. The van der Waals surface area contributed by atoms with Gasteiger partial charge in [0, 0.05) is 10.2 Å². The van der Waals surface area contributed by atoms with Crippen molar-refractivity contribution < 1.29 is 9.47 Å². The Kier molecular flexibility index (Phi) is 4.93. The van der Waals surface area contributed by atoms with Gasteiger partial charge >= 0.3 is 0 Å². The molecule has 2 aromatic rings. The number of ether oxygens (including phenoxy) is 2. The molecule has 0 aliphatic carbocycles. The van der Waals surface area contributed by atoms with Gasteiger partial charge in [0.25, 0.3) is 0 Å². The average Bonchev–Trinajstić information content (AvgIpc) is 2.39. The van der Waals surface area contributed by atoms with E-state index in [1.54, 1.807) is 18.2 Å². The topological polar surface area (TPSA) is 44.5 Å². The minimum absolute atomic E-state index is 0.422. The van der Waals surface area contributed by atoms with Gasteiger partial charge in [0.05, 0.1) is 5.02 Å². The molecule has 5 heteroatoms. The Morgan fingerprint density at radius 3 is 2.37 bits per heavy atom. The maximum atomic E-state index is 6.03. The average molecular weight is 343 g/mol. The van der Waals surface area contributed by atoms with Gasteiger partial charge < -0.3 is 15.2 Å². The summed E-state index contributed by atoms with van der Waals surface area (Å²) in [7, 11) is 0. The van der Waals surface area contributed by atoms with Crippen molar-refractivity contribution in [3.63, 3.8) is 0 Å². The summed E-state index contributed by atoms with van der Waals surface area (Å²) in [5.74, 6) is 1.41. The molecule has 0 saturated heterocycles. The van der Waals surface area contributed by atoms with Gasteiger partial charge in [-0.05, 0) is 42.5 Å². The minimum atomic E-state index is 0.422. The molecule has 0 unspecified atom stereocenters. The Hall–Kier alpha value is -1.39. The molecule has 0 spiro atoms. The molecule has 0 amide bonds. The van der Waals surface area contributed by atoms with Gasteiger partial charge in [-0.25, -0.2) is 0 Å². The fourth-order valence-electron chi connectivity index (χ4n) is 1.47. The van der Waals surface area contributed by atoms with Crippen molar-refractivity contribution in [2.75, 3.05) is 18.9 Å². The molecule has 0 saturated carbocycles. The smallest absolute Gasteiger partial charge is 0.138 e. The number of hydrogen-bond donors (Lipinski definition) is 1. The molecule has 0 bridgehead atoms. The van der Waals surface area contributed by atoms with E-state index < -0.39 is 0 Å². The predicted molar refractivity (Wildman–Crippen MR) is 81.0 cm³/mol. The van der Waals surface area contributed by atoms with E-state index in [0.29, 0.717) is 29.7 Å². The van der Waals surface area contributed by atoms with Crippen LogP contribution in [0.1, 0.15) is 0 Å². The summed E-state index contributed by atoms with van der Waals surface area (Å²) in [4.78, 5) is 0. The van der Waals surface area contributed by atoms with E-state index in [4.69, 9.17) is 26.8 Å². The lowest BCUT2D eigenvalue weighted by molar-refractivity contribution is 0.217. The molecule has 0 heterocycles. The van der Waals surface area contributed by atoms with E-state index in [2.05, 4.69) is 15.9 Å². The molecule has 0 atom stereocenters. The van der Waals surface area contributed by atoms with Crippen LogP contribution in [0.3, 0.4) is 0 Å². The molecule has 0 aliphatic rings. The van der Waals surface area contributed by atoms with Crippen molar-refractivity contribution in [3.05, 3.63) is 52.0 Å². The SMILES string of the molecule is Nc1ccc(OCCOc2ccc(Br)cc2Cl)cc1. The molecule has 100 valence electrons. The van der Waals surface area contributed by atoms with Crippen LogP contribution in [0.15, 0.2) is 46.9 Å². The highest BCUT2D eigenvalue weighted by Gasteiger charge is 2.02. The van der Waals surface area contributed by atoms with Crippen LogP contribution < -0.4 is 15.2 Å². The number of nitrogen functional groups attached to an aromatic ring is 1. The zero-order valence-corrected chi connectivity index (χ0v) is 12.4. The molecule has 0 aliphatic heterocycles. The van der Waals surface area contributed by atoms with Crippen LogP contribution in [-0.4, -0.2) is 13.2 Å². The lowest BCUT2D eigenvalue weighted by atomic mass is 10.3. The van der Waals surface area contributed by atoms with Gasteiger partial charge in [-0.2, -0.15) is 0 Å². The normalized spacial score (nSPS) is 10.2. The first-order valence-corrected chi connectivity index (χ1v) is 6.88. The summed E-state index contributed by atoms with van der Waals surface area (Å²) < 4.78 is 12.0. The molecule has 3 nitrogen and oxygen atoms in total. The number of anilines is 1. The summed E-state index contributed by atoms with van der Waals surface area (Å²) in [6, 6.07) is 12.7. The van der Waals surface area contributed by atoms with Crippen molar-refractivity contribution in [3.8, 4) is 11.5 Å². The fraction of sp³-hybridized carbons (Fsp3) is 0.143. The number of hydrogen-bond acceptors (Lipinski definition) is 3. The van der Waals surface area contributed by atoms with Gasteiger partial charge in [0.15, 0.2) is 0 Å². The molecule has 2 aromatic carbocycles. The Morgan fingerprint density at radius 1 is 1.00 bits per heavy atom. The second-order valence-corrected chi connectivity index (χ2v) is 5.16. The summed E-state index contributed by atoms with van der Waals surface area (Å²) in [6.07, 6.45) is 0. The predicted octanol–water partition coefficient (Wildman–Crippen LogP) is 4.14. The highest BCUT2D eigenvalue weighted by Crippen LogP contribution is 2.27. The molecule has 2 N–H and O–H groups in total. The van der Waals surface area contributed by atoms with Crippen molar-refractivity contribution in [2.24, 2.45) is 0 Å². The van der Waals surface area contributed by atoms with Crippen LogP contribution in [0, 0.1) is 0 Å². The summed E-state index contributed by atoms with van der Waals surface area (Å²) in [6.45, 7) is 0.863. The molecule has 0 fully saturated rings. The first-order chi connectivity index (χ1) is 9.15. The molecular formula is C14H13BrClNO2. The van der Waals surface area contributed by atoms with Crippen LogP contribution in [0.2, 0.25) is 5.02 Å². The minimum Gasteiger partial charge on any atom is -0.490 e. The van der Waals surface area contributed by atoms with Gasteiger partial charge in [-0.1, -0.05) is 27.5 Å². The highest BCUT2D eigenvalue weighted by atomic mass is 79.9. The van der Waals surface area contributed by atoms with Crippen LogP contribution in [-0.2, 0) is 0 Å². The number of rotatable bonds is 5. The standard InChI is InChI=1S/C14H13BrClNO2/c15-10-1-6-14(13(16)9-10)19-8-7-18-12-4-2-11(17)3-5-12/h1-6,9H,7-8,17H2. The van der Waals surface area contributed by atoms with Gasteiger partial charge in [0.2, 0.25) is 0 Å². The maximum absolute atomic E-state index is 6.03. The van der Waals surface area contributed by atoms with Crippen LogP contribution in [0.5, 0.6) is 11.5 Å². The lowest BCUT2D eigenvalue weighted by Crippen LogP contribution is -2.09. The largest absolute Gasteiger partial charge is 0.490 e. The van der Waals surface area contributed by atoms with Crippen molar-refractivity contribution in [2.45, 2.75) is 0 Å². The number of benzene rings is 2. The molecular weight excluding hydrogens is 330 g/mol. The second kappa shape index (κ2) is 6.68. The summed E-state index contributed by atoms with van der Waals surface area (Å²) >= 11 is 9.37. The van der Waals surface area contributed by atoms with Crippen LogP contribution >= 0.6 is 27.5 Å². The van der Waals surface area contributed by atoms with E-state index in [1.807, 2.05) is 24.3 Å². The van der Waals surface area contributed by atoms with Crippen molar-refractivity contribution in [1.29, 1.82) is 0 Å². The number of halogens is 2. The van der Waals surface area contributed by atoms with E-state index in [9.17, 15) is 0 Å². The van der Waals surface area contributed by atoms with E-state index in [-0.39, 0.29) is 0 Å². The third-order valence-corrected chi connectivity index (χ3v) is 3.17. The maximum Gasteiger partial charge on any atom is 0.138 e. The lowest BCUT2D eigenvalue weighted by Gasteiger charge is -2.09. The Balaban J connectivity index is 1.79. The third kappa shape index (κ3) is 4.33. The Bertz CT molecular complexity index is 546. The van der Waals surface area contributed by atoms with E-state index in [0.717, 1.165) is 10.2 Å². The fourth-order valence-corrected chi connectivity index (χ4v) is 2.20. The molecule has 0 aromatic heterocycles. The van der Waals surface area contributed by atoms with Gasteiger partial charge in [0.1, 0.15) is 24.7 Å². The zero-order chi connectivity index (χ0) is 13.7. The second-order valence-electron chi connectivity index (χ2n) is 3.84. The number of nitrogens with two attached hydrogens (primary N) is 1. The molecule has 2 rings (SSSR count). The van der Waals surface area contributed by atoms with Gasteiger partial charge in [-0.3, -0.25) is 0 Å². The van der Waals surface area contributed by atoms with Crippen molar-refractivity contribution >= 4 is 33.2 Å². The first-order valence-electron chi connectivity index (χ1n) is 5.71. The molecule has 0 radical (unpaired) electrons. The first kappa shape index (κ1) is 14.0. The van der Waals surface area contributed by atoms with Gasteiger partial charge in [-0.15, -0.1) is 0 Å². The third-order valence-electron chi connectivity index (χ3n) is 2.38. The molecule has 19 heavy (non-hydrogen) atoms. The van der Waals surface area contributed by atoms with E-state index >= 15 is 0 Å².